The molecule has 4 heterocycles. The van der Waals surface area contributed by atoms with Gasteiger partial charge in [0, 0.05) is 50.6 Å². The molecule has 0 saturated carbocycles. The number of carbonyl (C=O) groups is 1. The summed E-state index contributed by atoms with van der Waals surface area (Å²) in [7, 11) is 0. The standard InChI is InChI=1S/C25H37N5O2S/c1-18(2)7-8-22(31)29-9-11-30(12-10-29)24-23-19-5-3-4-6-20(19)33-25(23)27-21(26-24)17-28-13-15-32-16-14-28/h18H,3-17H2,1-2H3. The Balaban J connectivity index is 1.39. The largest absolute Gasteiger partial charge is 0.379 e. The number of hydrogen-bond donors (Lipinski definition) is 0. The zero-order valence-corrected chi connectivity index (χ0v) is 21.0. The van der Waals surface area contributed by atoms with Crippen LogP contribution in [0, 0.1) is 5.92 Å². The molecule has 0 atom stereocenters. The van der Waals surface area contributed by atoms with Crippen molar-refractivity contribution in [3.63, 3.8) is 0 Å². The second-order valence-electron chi connectivity index (χ2n) is 10.0. The van der Waals surface area contributed by atoms with Gasteiger partial charge in [-0.1, -0.05) is 13.8 Å². The lowest BCUT2D eigenvalue weighted by molar-refractivity contribution is -0.131. The number of thiophene rings is 1. The van der Waals surface area contributed by atoms with Gasteiger partial charge in [-0.3, -0.25) is 9.69 Å². The van der Waals surface area contributed by atoms with Gasteiger partial charge in [-0.2, -0.15) is 0 Å². The first-order valence-electron chi connectivity index (χ1n) is 12.7. The number of hydrogen-bond acceptors (Lipinski definition) is 7. The Hall–Kier alpha value is -1.77. The number of anilines is 1. The molecule has 33 heavy (non-hydrogen) atoms. The number of fused-ring (bicyclic) bond motifs is 3. The topological polar surface area (TPSA) is 61.8 Å². The molecule has 180 valence electrons. The number of aromatic nitrogens is 2. The normalized spacial score (nSPS) is 20.0. The molecule has 3 aliphatic rings. The van der Waals surface area contributed by atoms with Crippen LogP contribution >= 0.6 is 11.3 Å². The third-order valence-electron chi connectivity index (χ3n) is 7.18. The van der Waals surface area contributed by atoms with Gasteiger partial charge in [0.1, 0.15) is 16.5 Å². The molecule has 5 rings (SSSR count). The van der Waals surface area contributed by atoms with Crippen LogP contribution in [-0.2, 0) is 28.9 Å². The van der Waals surface area contributed by atoms with Crippen molar-refractivity contribution in [3.05, 3.63) is 16.3 Å². The first-order chi connectivity index (χ1) is 16.1. The molecule has 1 aliphatic carbocycles. The number of piperazine rings is 1. The SMILES string of the molecule is CC(C)CCC(=O)N1CCN(c2nc(CN3CCOCC3)nc3sc4c(c23)CCCC4)CC1. The molecule has 2 aliphatic heterocycles. The highest BCUT2D eigenvalue weighted by Crippen LogP contribution is 2.40. The van der Waals surface area contributed by atoms with Gasteiger partial charge >= 0.3 is 0 Å². The van der Waals surface area contributed by atoms with Gasteiger partial charge < -0.3 is 14.5 Å². The van der Waals surface area contributed by atoms with Crippen LogP contribution in [-0.4, -0.2) is 78.2 Å². The van der Waals surface area contributed by atoms with Crippen molar-refractivity contribution in [2.24, 2.45) is 5.92 Å². The fraction of sp³-hybridized carbons (Fsp3) is 0.720. The van der Waals surface area contributed by atoms with E-state index < -0.39 is 0 Å². The maximum absolute atomic E-state index is 12.7. The maximum atomic E-state index is 12.7. The summed E-state index contributed by atoms with van der Waals surface area (Å²) in [5.41, 5.74) is 1.49. The van der Waals surface area contributed by atoms with Gasteiger partial charge in [0.05, 0.1) is 25.1 Å². The van der Waals surface area contributed by atoms with E-state index >= 15 is 0 Å². The molecule has 2 aromatic heterocycles. The van der Waals surface area contributed by atoms with Crippen LogP contribution in [0.1, 0.15) is 55.8 Å². The molecule has 0 bridgehead atoms. The summed E-state index contributed by atoms with van der Waals surface area (Å²) in [6.45, 7) is 11.9. The van der Waals surface area contributed by atoms with Crippen LogP contribution in [0.25, 0.3) is 10.2 Å². The van der Waals surface area contributed by atoms with Crippen LogP contribution in [0.2, 0.25) is 0 Å². The van der Waals surface area contributed by atoms with E-state index in [4.69, 9.17) is 14.7 Å². The molecular formula is C25H37N5O2S. The maximum Gasteiger partial charge on any atom is 0.222 e. The summed E-state index contributed by atoms with van der Waals surface area (Å²) in [5, 5.41) is 1.29. The Bertz CT molecular complexity index is 977. The fourth-order valence-electron chi connectivity index (χ4n) is 5.18. The van der Waals surface area contributed by atoms with Crippen molar-refractivity contribution < 1.29 is 9.53 Å². The lowest BCUT2D eigenvalue weighted by Gasteiger charge is -2.36. The van der Waals surface area contributed by atoms with E-state index in [1.165, 1.54) is 35.1 Å². The molecule has 2 saturated heterocycles. The van der Waals surface area contributed by atoms with E-state index in [0.717, 1.165) is 88.3 Å². The smallest absolute Gasteiger partial charge is 0.222 e. The Labute approximate surface area is 201 Å². The lowest BCUT2D eigenvalue weighted by Crippen LogP contribution is -2.49. The van der Waals surface area contributed by atoms with Crippen LogP contribution in [0.3, 0.4) is 0 Å². The second kappa shape index (κ2) is 10.2. The van der Waals surface area contributed by atoms with Gasteiger partial charge in [-0.25, -0.2) is 9.97 Å². The van der Waals surface area contributed by atoms with E-state index in [-0.39, 0.29) is 0 Å². The van der Waals surface area contributed by atoms with Crippen LogP contribution in [0.5, 0.6) is 0 Å². The minimum atomic E-state index is 0.303. The zero-order chi connectivity index (χ0) is 22.8. The summed E-state index contributed by atoms with van der Waals surface area (Å²) in [4.78, 5) is 32.4. The number of aryl methyl sites for hydroxylation is 2. The third-order valence-corrected chi connectivity index (χ3v) is 8.36. The molecule has 7 nitrogen and oxygen atoms in total. The molecule has 0 spiro atoms. The molecule has 0 aromatic carbocycles. The minimum absolute atomic E-state index is 0.303. The highest BCUT2D eigenvalue weighted by Gasteiger charge is 2.28. The quantitative estimate of drug-likeness (QED) is 0.643. The van der Waals surface area contributed by atoms with Gasteiger partial charge in [0.15, 0.2) is 0 Å². The van der Waals surface area contributed by atoms with Crippen LogP contribution in [0.15, 0.2) is 0 Å². The van der Waals surface area contributed by atoms with E-state index in [0.29, 0.717) is 18.2 Å². The van der Waals surface area contributed by atoms with E-state index in [1.807, 2.05) is 11.3 Å². The van der Waals surface area contributed by atoms with E-state index in [1.54, 1.807) is 0 Å². The van der Waals surface area contributed by atoms with Crippen molar-refractivity contribution in [3.8, 4) is 0 Å². The van der Waals surface area contributed by atoms with Crippen molar-refractivity contribution >= 4 is 33.3 Å². The fourth-order valence-corrected chi connectivity index (χ4v) is 6.45. The lowest BCUT2D eigenvalue weighted by atomic mass is 9.97. The average Bonchev–Trinajstić information content (AvgIpc) is 3.21. The highest BCUT2D eigenvalue weighted by atomic mass is 32.1. The summed E-state index contributed by atoms with van der Waals surface area (Å²) >= 11 is 1.88. The third kappa shape index (κ3) is 5.17. The second-order valence-corrected chi connectivity index (χ2v) is 11.1. The van der Waals surface area contributed by atoms with Crippen molar-refractivity contribution in [1.29, 1.82) is 0 Å². The number of carbonyl (C=O) groups excluding carboxylic acids is 1. The predicted octanol–water partition coefficient (Wildman–Crippen LogP) is 3.49. The first kappa shape index (κ1) is 23.0. The molecule has 2 fully saturated rings. The summed E-state index contributed by atoms with van der Waals surface area (Å²) in [6.07, 6.45) is 6.48. The molecule has 1 amide bonds. The van der Waals surface area contributed by atoms with Gasteiger partial charge in [0.2, 0.25) is 5.91 Å². The number of morpholine rings is 1. The monoisotopic (exact) mass is 471 g/mol. The zero-order valence-electron chi connectivity index (χ0n) is 20.1. The molecule has 0 N–H and O–H groups in total. The average molecular weight is 472 g/mol. The predicted molar refractivity (Wildman–Crippen MR) is 133 cm³/mol. The molecule has 8 heteroatoms. The number of nitrogens with zero attached hydrogens (tertiary/aromatic N) is 5. The van der Waals surface area contributed by atoms with Gasteiger partial charge in [-0.15, -0.1) is 11.3 Å². The van der Waals surface area contributed by atoms with Crippen molar-refractivity contribution in [2.45, 2.75) is 58.9 Å². The highest BCUT2D eigenvalue weighted by molar-refractivity contribution is 7.19. The Morgan fingerprint density at radius 3 is 2.55 bits per heavy atom. The van der Waals surface area contributed by atoms with E-state index in [9.17, 15) is 4.79 Å². The van der Waals surface area contributed by atoms with Gasteiger partial charge in [0.25, 0.3) is 0 Å². The number of amides is 1. The summed E-state index contributed by atoms with van der Waals surface area (Å²) < 4.78 is 5.52. The first-order valence-corrected chi connectivity index (χ1v) is 13.5. The molecule has 0 radical (unpaired) electrons. The Morgan fingerprint density at radius 1 is 1.03 bits per heavy atom. The van der Waals surface area contributed by atoms with Crippen LogP contribution < -0.4 is 4.90 Å². The van der Waals surface area contributed by atoms with Crippen molar-refractivity contribution in [2.75, 3.05) is 57.4 Å². The molecule has 0 unspecified atom stereocenters. The van der Waals surface area contributed by atoms with Crippen LogP contribution in [0.4, 0.5) is 5.82 Å². The number of rotatable bonds is 6. The summed E-state index contributed by atoms with van der Waals surface area (Å²) in [5.74, 6) is 2.90. The number of ether oxygens (including phenoxy) is 1. The van der Waals surface area contributed by atoms with Crippen molar-refractivity contribution in [1.82, 2.24) is 19.8 Å². The molecule has 2 aromatic rings. The van der Waals surface area contributed by atoms with Gasteiger partial charge in [-0.05, 0) is 43.6 Å². The summed E-state index contributed by atoms with van der Waals surface area (Å²) in [6, 6.07) is 0. The molecular weight excluding hydrogens is 434 g/mol. The van der Waals surface area contributed by atoms with E-state index in [2.05, 4.69) is 28.5 Å². The Morgan fingerprint density at radius 2 is 1.79 bits per heavy atom. The minimum Gasteiger partial charge on any atom is -0.379 e. The Kier molecular flexibility index (Phi) is 7.13.